The minimum atomic E-state index is -0.874. The molecule has 0 saturated carbocycles. The fourth-order valence-electron chi connectivity index (χ4n) is 6.01. The summed E-state index contributed by atoms with van der Waals surface area (Å²) in [6.45, 7) is 5.84. The van der Waals surface area contributed by atoms with E-state index < -0.39 is 11.2 Å². The number of benzene rings is 1. The summed E-state index contributed by atoms with van der Waals surface area (Å²) in [6, 6.07) is 5.94. The topological polar surface area (TPSA) is 67.6 Å². The van der Waals surface area contributed by atoms with Gasteiger partial charge in [0, 0.05) is 37.8 Å². The Morgan fingerprint density at radius 3 is 2.61 bits per heavy atom. The number of methoxy groups -OCH3 is 1. The molecule has 0 spiro atoms. The first kappa shape index (κ1) is 24.7. The number of aromatic nitrogens is 2. The molecule has 4 atom stereocenters. The van der Waals surface area contributed by atoms with E-state index in [1.807, 2.05) is 41.7 Å². The van der Waals surface area contributed by atoms with Crippen LogP contribution in [0.2, 0.25) is 0 Å². The lowest BCUT2D eigenvalue weighted by Gasteiger charge is -2.50. The van der Waals surface area contributed by atoms with E-state index in [-0.39, 0.29) is 23.8 Å². The third-order valence-corrected chi connectivity index (χ3v) is 7.89. The monoisotopic (exact) mass is 491 g/mol. The fourth-order valence-corrected chi connectivity index (χ4v) is 6.01. The van der Waals surface area contributed by atoms with Gasteiger partial charge in [-0.05, 0) is 69.4 Å². The van der Waals surface area contributed by atoms with Crippen molar-refractivity contribution < 1.29 is 19.0 Å². The summed E-state index contributed by atoms with van der Waals surface area (Å²) in [5.74, 6) is -0.316. The Kier molecular flexibility index (Phi) is 6.25. The molecule has 1 aliphatic carbocycles. The largest absolute Gasteiger partial charge is 0.390 e. The number of rotatable bonds is 4. The summed E-state index contributed by atoms with van der Waals surface area (Å²) < 4.78 is 21.5. The lowest BCUT2D eigenvalue weighted by Crippen LogP contribution is -2.55. The first-order valence-corrected chi connectivity index (χ1v) is 12.6. The highest BCUT2D eigenvalue weighted by Gasteiger charge is 2.46. The molecular formula is C29H34FN3O3. The number of ether oxygens (including phenoxy) is 1. The summed E-state index contributed by atoms with van der Waals surface area (Å²) in [6.07, 6.45) is 12.9. The molecule has 2 saturated heterocycles. The van der Waals surface area contributed by atoms with Crippen LogP contribution in [0.25, 0.3) is 5.70 Å². The lowest BCUT2D eigenvalue weighted by atomic mass is 9.76. The average molecular weight is 492 g/mol. The van der Waals surface area contributed by atoms with Crippen LogP contribution in [-0.2, 0) is 9.53 Å². The van der Waals surface area contributed by atoms with Crippen molar-refractivity contribution in [2.45, 2.75) is 76.2 Å². The first-order chi connectivity index (χ1) is 17.1. The van der Waals surface area contributed by atoms with E-state index >= 15 is 0 Å². The number of fused-ring (bicyclic) bond motifs is 1. The number of nitrogens with zero attached hydrogens (tertiary/aromatic N) is 3. The standard InChI is InChI=1S/C29H34FN3O3/c1-19-17-32(18-31-19)26-12-5-20(14-29(26,3)36-4)13-22-8-11-24-15-28(2,35)16-25(33(24)27(22)34)21-6-9-23(30)10-7-21/h5-7,9-10,12-13,17-18,24-25,35H,8,11,14-16H2,1-4H3/b22-13+/t24-,25+,28-,29?/m1/s1. The van der Waals surface area contributed by atoms with Gasteiger partial charge in [0.2, 0.25) is 0 Å². The Bertz CT molecular complexity index is 1260. The lowest BCUT2D eigenvalue weighted by molar-refractivity contribution is -0.145. The van der Waals surface area contributed by atoms with Gasteiger partial charge in [-0.25, -0.2) is 9.37 Å². The van der Waals surface area contributed by atoms with Crippen LogP contribution >= 0.6 is 0 Å². The van der Waals surface area contributed by atoms with Gasteiger partial charge in [0.25, 0.3) is 5.91 Å². The van der Waals surface area contributed by atoms with Gasteiger partial charge in [-0.2, -0.15) is 0 Å². The van der Waals surface area contributed by atoms with E-state index in [2.05, 4.69) is 18.0 Å². The maximum absolute atomic E-state index is 13.8. The molecule has 1 N–H and O–H groups in total. The number of aliphatic hydroxyl groups is 1. The summed E-state index contributed by atoms with van der Waals surface area (Å²) in [5, 5.41) is 11.0. The number of imidazole rings is 1. The van der Waals surface area contributed by atoms with Crippen LogP contribution in [0.5, 0.6) is 0 Å². The van der Waals surface area contributed by atoms with Crippen LogP contribution in [0.4, 0.5) is 4.39 Å². The zero-order valence-corrected chi connectivity index (χ0v) is 21.4. The van der Waals surface area contributed by atoms with Crippen LogP contribution in [0.3, 0.4) is 0 Å². The van der Waals surface area contributed by atoms with Gasteiger partial charge in [-0.1, -0.05) is 24.3 Å². The molecule has 36 heavy (non-hydrogen) atoms. The van der Waals surface area contributed by atoms with Crippen molar-refractivity contribution in [3.05, 3.63) is 83.2 Å². The van der Waals surface area contributed by atoms with Crippen molar-refractivity contribution in [3.63, 3.8) is 0 Å². The number of carbonyl (C=O) groups is 1. The summed E-state index contributed by atoms with van der Waals surface area (Å²) in [7, 11) is 1.71. The Morgan fingerprint density at radius 1 is 1.19 bits per heavy atom. The number of hydrogen-bond donors (Lipinski definition) is 1. The van der Waals surface area contributed by atoms with Crippen molar-refractivity contribution >= 4 is 11.6 Å². The van der Waals surface area contributed by atoms with Crippen molar-refractivity contribution in [1.29, 1.82) is 0 Å². The molecule has 0 radical (unpaired) electrons. The second-order valence-corrected chi connectivity index (χ2v) is 10.9. The van der Waals surface area contributed by atoms with Crippen LogP contribution < -0.4 is 0 Å². The van der Waals surface area contributed by atoms with Crippen LogP contribution in [0.1, 0.15) is 63.3 Å². The molecule has 1 amide bonds. The molecule has 2 fully saturated rings. The molecule has 190 valence electrons. The molecule has 5 rings (SSSR count). The molecule has 2 aliphatic heterocycles. The minimum Gasteiger partial charge on any atom is -0.390 e. The second kappa shape index (κ2) is 9.12. The number of hydrogen-bond acceptors (Lipinski definition) is 4. The Hall–Kier alpha value is -3.03. The van der Waals surface area contributed by atoms with E-state index in [1.54, 1.807) is 25.6 Å². The SMILES string of the molecule is COC1(C)CC(/C=C2\CC[C@@H]3C[C@@](C)(O)C[C@@H](c4ccc(F)cc4)N3C2=O)=CC=C1n1cnc(C)c1. The van der Waals surface area contributed by atoms with Crippen LogP contribution in [0, 0.1) is 12.7 Å². The van der Waals surface area contributed by atoms with Crippen molar-refractivity contribution in [3.8, 4) is 0 Å². The van der Waals surface area contributed by atoms with Crippen LogP contribution in [0.15, 0.2) is 66.2 Å². The van der Waals surface area contributed by atoms with Gasteiger partial charge in [0.05, 0.1) is 29.4 Å². The van der Waals surface area contributed by atoms with E-state index in [0.717, 1.165) is 34.5 Å². The van der Waals surface area contributed by atoms with Gasteiger partial charge >= 0.3 is 0 Å². The highest BCUT2D eigenvalue weighted by Crippen LogP contribution is 2.45. The third kappa shape index (κ3) is 4.58. The van der Waals surface area contributed by atoms with E-state index in [0.29, 0.717) is 25.7 Å². The quantitative estimate of drug-likeness (QED) is 0.604. The van der Waals surface area contributed by atoms with Crippen molar-refractivity contribution in [2.75, 3.05) is 7.11 Å². The number of aryl methyl sites for hydroxylation is 1. The zero-order valence-electron chi connectivity index (χ0n) is 21.4. The second-order valence-electron chi connectivity index (χ2n) is 10.9. The smallest absolute Gasteiger partial charge is 0.250 e. The van der Waals surface area contributed by atoms with Crippen molar-refractivity contribution in [2.24, 2.45) is 0 Å². The number of halogens is 1. The number of piperidine rings is 2. The van der Waals surface area contributed by atoms with Crippen molar-refractivity contribution in [1.82, 2.24) is 14.5 Å². The van der Waals surface area contributed by atoms with E-state index in [1.165, 1.54) is 12.1 Å². The highest BCUT2D eigenvalue weighted by molar-refractivity contribution is 5.95. The molecule has 6 nitrogen and oxygen atoms in total. The maximum Gasteiger partial charge on any atom is 0.250 e. The molecule has 1 aromatic heterocycles. The fraction of sp³-hybridized carbons (Fsp3) is 0.448. The van der Waals surface area contributed by atoms with Gasteiger partial charge in [0.15, 0.2) is 0 Å². The highest BCUT2D eigenvalue weighted by atomic mass is 19.1. The van der Waals surface area contributed by atoms with Gasteiger partial charge in [-0.15, -0.1) is 0 Å². The Labute approximate surface area is 211 Å². The molecule has 1 unspecified atom stereocenters. The minimum absolute atomic E-state index is 0.00361. The number of allylic oxidation sites excluding steroid dienone is 3. The number of carbonyl (C=O) groups excluding carboxylic acids is 1. The van der Waals surface area contributed by atoms with Crippen LogP contribution in [-0.4, -0.2) is 49.8 Å². The first-order valence-electron chi connectivity index (χ1n) is 12.6. The molecule has 2 aromatic rings. The predicted octanol–water partition coefficient (Wildman–Crippen LogP) is 5.11. The summed E-state index contributed by atoms with van der Waals surface area (Å²) >= 11 is 0. The molecular weight excluding hydrogens is 457 g/mol. The normalized spacial score (nSPS) is 31.8. The molecule has 7 heteroatoms. The van der Waals surface area contributed by atoms with Gasteiger partial charge in [0.1, 0.15) is 11.4 Å². The third-order valence-electron chi connectivity index (χ3n) is 7.89. The molecule has 1 aromatic carbocycles. The maximum atomic E-state index is 13.8. The zero-order chi connectivity index (χ0) is 25.7. The van der Waals surface area contributed by atoms with E-state index in [9.17, 15) is 14.3 Å². The summed E-state index contributed by atoms with van der Waals surface area (Å²) in [4.78, 5) is 20.1. The molecule has 3 heterocycles. The number of amides is 1. The van der Waals surface area contributed by atoms with E-state index in [4.69, 9.17) is 4.74 Å². The van der Waals surface area contributed by atoms with Gasteiger partial charge in [-0.3, -0.25) is 4.79 Å². The molecule has 0 bridgehead atoms. The predicted molar refractivity (Wildman–Crippen MR) is 136 cm³/mol. The van der Waals surface area contributed by atoms with Gasteiger partial charge < -0.3 is 19.3 Å². The average Bonchev–Trinajstić information content (AvgIpc) is 3.26. The Balaban J connectivity index is 1.46. The molecule has 3 aliphatic rings. The Morgan fingerprint density at radius 2 is 1.94 bits per heavy atom. The summed E-state index contributed by atoms with van der Waals surface area (Å²) in [5.41, 5.74) is 3.14.